The Kier molecular flexibility index (Phi) is 4.49. The largest absolute Gasteiger partial charge is 0.452 e. The molecule has 138 valence electrons. The van der Waals surface area contributed by atoms with Gasteiger partial charge in [-0.1, -0.05) is 23.8 Å². The van der Waals surface area contributed by atoms with Crippen LogP contribution in [0.2, 0.25) is 0 Å². The van der Waals surface area contributed by atoms with Gasteiger partial charge in [0, 0.05) is 18.5 Å². The number of hydrogen-bond donors (Lipinski definition) is 0. The predicted octanol–water partition coefficient (Wildman–Crippen LogP) is 4.53. The number of allylic oxidation sites excluding steroid dienone is 1. The second-order valence-electron chi connectivity index (χ2n) is 6.60. The van der Waals surface area contributed by atoms with E-state index in [1.54, 1.807) is 61.8 Å². The molecule has 0 saturated carbocycles. The zero-order valence-corrected chi connectivity index (χ0v) is 15.4. The van der Waals surface area contributed by atoms with Gasteiger partial charge in [0.15, 0.2) is 5.76 Å². The Balaban J connectivity index is 1.61. The normalized spacial score (nSPS) is 13.9. The molecule has 0 spiro atoms. The number of ketones is 1. The second kappa shape index (κ2) is 7.12. The van der Waals surface area contributed by atoms with E-state index >= 15 is 0 Å². The van der Waals surface area contributed by atoms with Crippen LogP contribution in [-0.2, 0) is 0 Å². The Labute approximate surface area is 162 Å². The first kappa shape index (κ1) is 17.7. The number of benzene rings is 2. The summed E-state index contributed by atoms with van der Waals surface area (Å²) in [6.07, 6.45) is 4.95. The summed E-state index contributed by atoms with van der Waals surface area (Å²) in [5.41, 5.74) is 3.36. The molecule has 28 heavy (non-hydrogen) atoms. The van der Waals surface area contributed by atoms with Gasteiger partial charge in [-0.25, -0.2) is 4.79 Å². The lowest BCUT2D eigenvalue weighted by atomic mass is 10.0. The van der Waals surface area contributed by atoms with Gasteiger partial charge in [-0.05, 0) is 55.3 Å². The highest BCUT2D eigenvalue weighted by atomic mass is 16.5. The third-order valence-electron chi connectivity index (χ3n) is 4.39. The van der Waals surface area contributed by atoms with E-state index in [1.165, 1.54) is 0 Å². The SMILES string of the molecule is Cc1cccc(C(=O)Oc2cc(C)c3c(c2)O/C(=C\c2cccnc2)C3=O)c1. The molecule has 5 nitrogen and oxygen atoms in total. The first-order valence-corrected chi connectivity index (χ1v) is 8.79. The molecule has 0 amide bonds. The number of aromatic nitrogens is 1. The van der Waals surface area contributed by atoms with Gasteiger partial charge in [0.05, 0.1) is 11.1 Å². The van der Waals surface area contributed by atoms with Crippen molar-refractivity contribution in [3.05, 3.63) is 94.5 Å². The van der Waals surface area contributed by atoms with E-state index in [2.05, 4.69) is 4.98 Å². The maximum atomic E-state index is 12.7. The zero-order valence-electron chi connectivity index (χ0n) is 15.4. The molecule has 2 aromatic carbocycles. The van der Waals surface area contributed by atoms with Crippen LogP contribution in [0.4, 0.5) is 0 Å². The van der Waals surface area contributed by atoms with Crippen molar-refractivity contribution < 1.29 is 19.1 Å². The van der Waals surface area contributed by atoms with Crippen LogP contribution >= 0.6 is 0 Å². The molecular weight excluding hydrogens is 354 g/mol. The lowest BCUT2D eigenvalue weighted by Crippen LogP contribution is -2.09. The molecule has 1 aromatic heterocycles. The van der Waals surface area contributed by atoms with E-state index in [9.17, 15) is 9.59 Å². The van der Waals surface area contributed by atoms with Gasteiger partial charge in [-0.3, -0.25) is 9.78 Å². The number of pyridine rings is 1. The molecule has 3 aromatic rings. The van der Waals surface area contributed by atoms with E-state index in [1.807, 2.05) is 19.1 Å². The fraction of sp³-hybridized carbons (Fsp3) is 0.0870. The number of esters is 1. The van der Waals surface area contributed by atoms with Crippen LogP contribution in [0.3, 0.4) is 0 Å². The van der Waals surface area contributed by atoms with Crippen LogP contribution in [0.5, 0.6) is 11.5 Å². The lowest BCUT2D eigenvalue weighted by molar-refractivity contribution is 0.0734. The molecule has 1 aliphatic rings. The number of ether oxygens (including phenoxy) is 2. The molecule has 4 rings (SSSR count). The summed E-state index contributed by atoms with van der Waals surface area (Å²) in [7, 11) is 0. The van der Waals surface area contributed by atoms with Crippen molar-refractivity contribution in [3.8, 4) is 11.5 Å². The lowest BCUT2D eigenvalue weighted by Gasteiger charge is -2.08. The summed E-state index contributed by atoms with van der Waals surface area (Å²) in [4.78, 5) is 29.1. The molecule has 0 bridgehead atoms. The summed E-state index contributed by atoms with van der Waals surface area (Å²) in [5, 5.41) is 0. The summed E-state index contributed by atoms with van der Waals surface area (Å²) in [6, 6.07) is 14.0. The van der Waals surface area contributed by atoms with Gasteiger partial charge in [-0.2, -0.15) is 0 Å². The zero-order chi connectivity index (χ0) is 19.7. The molecule has 0 saturated heterocycles. The van der Waals surface area contributed by atoms with E-state index in [0.717, 1.165) is 11.1 Å². The number of carbonyl (C=O) groups is 2. The van der Waals surface area contributed by atoms with Gasteiger partial charge < -0.3 is 9.47 Å². The monoisotopic (exact) mass is 371 g/mol. The van der Waals surface area contributed by atoms with Gasteiger partial charge in [0.1, 0.15) is 11.5 Å². The first-order valence-electron chi connectivity index (χ1n) is 8.79. The molecule has 0 unspecified atom stereocenters. The Morgan fingerprint density at radius 2 is 1.96 bits per heavy atom. The summed E-state index contributed by atoms with van der Waals surface area (Å²) in [6.45, 7) is 3.70. The Bertz CT molecular complexity index is 1120. The highest BCUT2D eigenvalue weighted by Crippen LogP contribution is 2.37. The first-order chi connectivity index (χ1) is 13.5. The van der Waals surface area contributed by atoms with Gasteiger partial charge in [-0.15, -0.1) is 0 Å². The van der Waals surface area contributed by atoms with Gasteiger partial charge in [0.25, 0.3) is 0 Å². The smallest absolute Gasteiger partial charge is 0.343 e. The fourth-order valence-electron chi connectivity index (χ4n) is 3.09. The summed E-state index contributed by atoms with van der Waals surface area (Å²) in [5.74, 6) is 0.269. The third kappa shape index (κ3) is 3.42. The van der Waals surface area contributed by atoms with Crippen molar-refractivity contribution in [3.63, 3.8) is 0 Å². The molecule has 1 aliphatic heterocycles. The van der Waals surface area contributed by atoms with Crippen LogP contribution in [0, 0.1) is 13.8 Å². The van der Waals surface area contributed by atoms with E-state index < -0.39 is 5.97 Å². The van der Waals surface area contributed by atoms with Crippen molar-refractivity contribution in [2.45, 2.75) is 13.8 Å². The maximum Gasteiger partial charge on any atom is 0.343 e. The molecule has 0 radical (unpaired) electrons. The van der Waals surface area contributed by atoms with Crippen molar-refractivity contribution in [2.75, 3.05) is 0 Å². The standard InChI is InChI=1S/C23H17NO4/c1-14-5-3-7-17(9-14)23(26)27-18-10-15(2)21-19(12-18)28-20(22(21)25)11-16-6-4-8-24-13-16/h3-13H,1-2H3/b20-11-. The second-order valence-corrected chi connectivity index (χ2v) is 6.60. The van der Waals surface area contributed by atoms with E-state index in [0.29, 0.717) is 28.2 Å². The van der Waals surface area contributed by atoms with Crippen molar-refractivity contribution in [1.82, 2.24) is 4.98 Å². The number of aryl methyl sites for hydroxylation is 2. The topological polar surface area (TPSA) is 65.5 Å². The average Bonchev–Trinajstić information content (AvgIpc) is 2.98. The van der Waals surface area contributed by atoms with Gasteiger partial charge in [0.2, 0.25) is 5.78 Å². The third-order valence-corrected chi connectivity index (χ3v) is 4.39. The highest BCUT2D eigenvalue weighted by Gasteiger charge is 2.30. The van der Waals surface area contributed by atoms with E-state index in [4.69, 9.17) is 9.47 Å². The Morgan fingerprint density at radius 3 is 2.71 bits per heavy atom. The highest BCUT2D eigenvalue weighted by molar-refractivity contribution is 6.15. The van der Waals surface area contributed by atoms with Crippen molar-refractivity contribution in [1.29, 1.82) is 0 Å². The quantitative estimate of drug-likeness (QED) is 0.384. The molecule has 0 atom stereocenters. The predicted molar refractivity (Wildman–Crippen MR) is 104 cm³/mol. The fourth-order valence-corrected chi connectivity index (χ4v) is 3.09. The number of fused-ring (bicyclic) bond motifs is 1. The van der Waals surface area contributed by atoms with Crippen LogP contribution < -0.4 is 9.47 Å². The van der Waals surface area contributed by atoms with E-state index in [-0.39, 0.29) is 11.5 Å². The minimum Gasteiger partial charge on any atom is -0.452 e. The van der Waals surface area contributed by atoms with Crippen LogP contribution in [0.1, 0.15) is 37.4 Å². The summed E-state index contributed by atoms with van der Waals surface area (Å²) >= 11 is 0. The van der Waals surface area contributed by atoms with Crippen molar-refractivity contribution >= 4 is 17.8 Å². The molecular formula is C23H17NO4. The number of Topliss-reactive ketones (excluding diaryl/α,β-unsaturated/α-hetero) is 1. The Hall–Kier alpha value is -3.73. The number of hydrogen-bond acceptors (Lipinski definition) is 5. The number of carbonyl (C=O) groups excluding carboxylic acids is 2. The average molecular weight is 371 g/mol. The van der Waals surface area contributed by atoms with Crippen LogP contribution in [0.15, 0.2) is 66.7 Å². The Morgan fingerprint density at radius 1 is 1.11 bits per heavy atom. The number of rotatable bonds is 3. The molecule has 0 fully saturated rings. The van der Waals surface area contributed by atoms with Crippen LogP contribution in [0.25, 0.3) is 6.08 Å². The minimum atomic E-state index is -0.460. The minimum absolute atomic E-state index is 0.201. The van der Waals surface area contributed by atoms with Crippen LogP contribution in [-0.4, -0.2) is 16.7 Å². The maximum absolute atomic E-state index is 12.7. The van der Waals surface area contributed by atoms with Crippen molar-refractivity contribution in [2.24, 2.45) is 0 Å². The van der Waals surface area contributed by atoms with Gasteiger partial charge >= 0.3 is 5.97 Å². The number of nitrogens with zero attached hydrogens (tertiary/aromatic N) is 1. The molecule has 0 N–H and O–H groups in total. The summed E-state index contributed by atoms with van der Waals surface area (Å²) < 4.78 is 11.2. The molecule has 5 heteroatoms. The molecule has 0 aliphatic carbocycles. The molecule has 2 heterocycles.